The molecule has 0 spiro atoms. The molecular formula is C26H33N5O. The highest BCUT2D eigenvalue weighted by molar-refractivity contribution is 5.92. The molecule has 6 nitrogen and oxygen atoms in total. The second kappa shape index (κ2) is 8.85. The highest BCUT2D eigenvalue weighted by atomic mass is 16.5. The highest BCUT2D eigenvalue weighted by Gasteiger charge is 2.29. The third-order valence-electron chi connectivity index (χ3n) is 6.75. The van der Waals surface area contributed by atoms with E-state index in [-0.39, 0.29) is 0 Å². The Balaban J connectivity index is 1.46. The summed E-state index contributed by atoms with van der Waals surface area (Å²) in [7, 11) is 1.75. The van der Waals surface area contributed by atoms with Crippen molar-refractivity contribution >= 4 is 28.1 Å². The van der Waals surface area contributed by atoms with Gasteiger partial charge in [0.1, 0.15) is 17.4 Å². The lowest BCUT2D eigenvalue weighted by Gasteiger charge is -2.37. The number of aromatic nitrogens is 2. The van der Waals surface area contributed by atoms with Crippen LogP contribution in [0.15, 0.2) is 42.5 Å². The van der Waals surface area contributed by atoms with Gasteiger partial charge in [0.25, 0.3) is 0 Å². The third kappa shape index (κ3) is 3.94. The van der Waals surface area contributed by atoms with Crippen molar-refractivity contribution in [3.8, 4) is 5.75 Å². The molecule has 0 atom stereocenters. The number of fused-ring (bicyclic) bond motifs is 1. The molecule has 1 aliphatic carbocycles. The fraction of sp³-hybridized carbons (Fsp3) is 0.462. The zero-order valence-corrected chi connectivity index (χ0v) is 19.4. The largest absolute Gasteiger partial charge is 0.495 e. The molecule has 0 bridgehead atoms. The maximum atomic E-state index is 5.59. The van der Waals surface area contributed by atoms with Gasteiger partial charge >= 0.3 is 0 Å². The van der Waals surface area contributed by atoms with Crippen molar-refractivity contribution in [2.45, 2.75) is 32.6 Å². The number of rotatable bonds is 7. The second-order valence-corrected chi connectivity index (χ2v) is 8.70. The van der Waals surface area contributed by atoms with Gasteiger partial charge < -0.3 is 19.4 Å². The maximum Gasteiger partial charge on any atom is 0.142 e. The summed E-state index contributed by atoms with van der Waals surface area (Å²) in [6, 6.07) is 15.0. The van der Waals surface area contributed by atoms with E-state index in [1.54, 1.807) is 7.11 Å². The number of methoxy groups -OCH3 is 1. The molecule has 2 heterocycles. The van der Waals surface area contributed by atoms with E-state index < -0.39 is 0 Å². The molecule has 168 valence electrons. The lowest BCUT2D eigenvalue weighted by molar-refractivity contribution is 0.413. The summed E-state index contributed by atoms with van der Waals surface area (Å²) in [5.41, 5.74) is 3.49. The van der Waals surface area contributed by atoms with Crippen LogP contribution in [0.2, 0.25) is 0 Å². The average molecular weight is 432 g/mol. The Morgan fingerprint density at radius 3 is 2.34 bits per heavy atom. The van der Waals surface area contributed by atoms with Gasteiger partial charge in [-0.15, -0.1) is 0 Å². The first kappa shape index (κ1) is 20.9. The van der Waals surface area contributed by atoms with Crippen LogP contribution in [-0.4, -0.2) is 56.3 Å². The molecule has 5 rings (SSSR count). The minimum absolute atomic E-state index is 0.537. The zero-order chi connectivity index (χ0) is 22.1. The van der Waals surface area contributed by atoms with Crippen LogP contribution in [0.5, 0.6) is 5.75 Å². The standard InChI is InChI=1S/C26H33N5O/c1-4-29(5-2)20-12-13-22-21(18-20)26(28-25(27-22)19-10-11-19)31-16-14-30(15-17-31)23-8-6-7-9-24(23)32-3/h6-9,12-13,18-19H,4-5,10-11,14-17H2,1-3H3. The van der Waals surface area contributed by atoms with Crippen LogP contribution in [0.1, 0.15) is 38.4 Å². The van der Waals surface area contributed by atoms with E-state index in [4.69, 9.17) is 14.7 Å². The second-order valence-electron chi connectivity index (χ2n) is 8.70. The molecule has 0 radical (unpaired) electrons. The van der Waals surface area contributed by atoms with Gasteiger partial charge in [-0.05, 0) is 57.0 Å². The summed E-state index contributed by atoms with van der Waals surface area (Å²) in [5.74, 6) is 3.60. The average Bonchev–Trinajstić information content (AvgIpc) is 3.70. The molecule has 3 aromatic rings. The molecule has 6 heteroatoms. The van der Waals surface area contributed by atoms with Crippen LogP contribution in [0.25, 0.3) is 10.9 Å². The Kier molecular flexibility index (Phi) is 5.77. The Morgan fingerprint density at radius 1 is 0.938 bits per heavy atom. The van der Waals surface area contributed by atoms with Crippen molar-refractivity contribution < 1.29 is 4.74 Å². The number of benzene rings is 2. The van der Waals surface area contributed by atoms with Gasteiger partial charge in [0.05, 0.1) is 18.3 Å². The third-order valence-corrected chi connectivity index (χ3v) is 6.75. The number of hydrogen-bond acceptors (Lipinski definition) is 6. The van der Waals surface area contributed by atoms with Gasteiger partial charge in [-0.2, -0.15) is 0 Å². The van der Waals surface area contributed by atoms with E-state index in [0.717, 1.165) is 62.2 Å². The first-order valence-corrected chi connectivity index (χ1v) is 11.9. The smallest absolute Gasteiger partial charge is 0.142 e. The molecule has 32 heavy (non-hydrogen) atoms. The van der Waals surface area contributed by atoms with Crippen LogP contribution in [0.3, 0.4) is 0 Å². The highest BCUT2D eigenvalue weighted by Crippen LogP contribution is 2.40. The van der Waals surface area contributed by atoms with E-state index >= 15 is 0 Å². The first-order valence-electron chi connectivity index (χ1n) is 11.9. The first-order chi connectivity index (χ1) is 15.7. The summed E-state index contributed by atoms with van der Waals surface area (Å²) in [6.07, 6.45) is 2.42. The molecule has 1 saturated heterocycles. The maximum absolute atomic E-state index is 5.59. The van der Waals surface area contributed by atoms with E-state index in [2.05, 4.69) is 58.9 Å². The molecular weight excluding hydrogens is 398 g/mol. The summed E-state index contributed by atoms with van der Waals surface area (Å²) < 4.78 is 5.59. The number of anilines is 3. The number of piperazine rings is 1. The van der Waals surface area contributed by atoms with Gasteiger partial charge in [0.15, 0.2) is 0 Å². The van der Waals surface area contributed by atoms with Crippen molar-refractivity contribution in [1.82, 2.24) is 9.97 Å². The minimum Gasteiger partial charge on any atom is -0.495 e. The van der Waals surface area contributed by atoms with Crippen molar-refractivity contribution in [3.05, 3.63) is 48.3 Å². The van der Waals surface area contributed by atoms with Crippen LogP contribution < -0.4 is 19.4 Å². The van der Waals surface area contributed by atoms with Crippen molar-refractivity contribution in [2.24, 2.45) is 0 Å². The normalized spacial score (nSPS) is 16.5. The van der Waals surface area contributed by atoms with Gasteiger partial charge in [-0.1, -0.05) is 12.1 Å². The van der Waals surface area contributed by atoms with Crippen LogP contribution in [0, 0.1) is 0 Å². The topological polar surface area (TPSA) is 44.7 Å². The van der Waals surface area contributed by atoms with E-state index in [1.807, 2.05) is 12.1 Å². The fourth-order valence-electron chi connectivity index (χ4n) is 4.72. The Bertz CT molecular complexity index is 1080. The SMILES string of the molecule is CCN(CC)c1ccc2nc(C3CC3)nc(N3CCN(c4ccccc4OC)CC3)c2c1. The van der Waals surface area contributed by atoms with Gasteiger partial charge in [0, 0.05) is 56.3 Å². The van der Waals surface area contributed by atoms with Crippen LogP contribution >= 0.6 is 0 Å². The lowest BCUT2D eigenvalue weighted by Crippen LogP contribution is -2.47. The van der Waals surface area contributed by atoms with Gasteiger partial charge in [-0.3, -0.25) is 0 Å². The minimum atomic E-state index is 0.537. The summed E-state index contributed by atoms with van der Waals surface area (Å²) >= 11 is 0. The molecule has 1 aliphatic heterocycles. The van der Waals surface area contributed by atoms with E-state index in [9.17, 15) is 0 Å². The molecule has 0 unspecified atom stereocenters. The zero-order valence-electron chi connectivity index (χ0n) is 19.4. The molecule has 0 N–H and O–H groups in total. The van der Waals surface area contributed by atoms with Crippen molar-refractivity contribution in [2.75, 3.05) is 61.1 Å². The quantitative estimate of drug-likeness (QED) is 0.541. The Hall–Kier alpha value is -3.02. The number of hydrogen-bond donors (Lipinski definition) is 0. The van der Waals surface area contributed by atoms with Gasteiger partial charge in [-0.25, -0.2) is 9.97 Å². The predicted molar refractivity (Wildman–Crippen MR) is 132 cm³/mol. The summed E-state index contributed by atoms with van der Waals surface area (Å²) in [5, 5.41) is 1.17. The van der Waals surface area contributed by atoms with Crippen LogP contribution in [0.4, 0.5) is 17.2 Å². The molecule has 1 saturated carbocycles. The Labute approximate surface area is 190 Å². The number of ether oxygens (including phenoxy) is 1. The molecule has 2 fully saturated rings. The fourth-order valence-corrected chi connectivity index (χ4v) is 4.72. The molecule has 0 amide bonds. The molecule has 2 aromatic carbocycles. The van der Waals surface area contributed by atoms with Crippen LogP contribution in [-0.2, 0) is 0 Å². The monoisotopic (exact) mass is 431 g/mol. The molecule has 1 aromatic heterocycles. The molecule has 2 aliphatic rings. The Morgan fingerprint density at radius 2 is 1.66 bits per heavy atom. The van der Waals surface area contributed by atoms with Gasteiger partial charge in [0.2, 0.25) is 0 Å². The van der Waals surface area contributed by atoms with E-state index in [0.29, 0.717) is 5.92 Å². The van der Waals surface area contributed by atoms with Crippen molar-refractivity contribution in [3.63, 3.8) is 0 Å². The summed E-state index contributed by atoms with van der Waals surface area (Å²) in [6.45, 7) is 10.2. The summed E-state index contributed by atoms with van der Waals surface area (Å²) in [4.78, 5) is 17.3. The number of para-hydroxylation sites is 2. The number of nitrogens with zero attached hydrogens (tertiary/aromatic N) is 5. The van der Waals surface area contributed by atoms with E-state index in [1.165, 1.54) is 29.6 Å². The predicted octanol–water partition coefficient (Wildman–Crippen LogP) is 4.69. The van der Waals surface area contributed by atoms with Crippen molar-refractivity contribution in [1.29, 1.82) is 0 Å². The lowest BCUT2D eigenvalue weighted by atomic mass is 10.1.